The normalized spacial score (nSPS) is 15.0. The van der Waals surface area contributed by atoms with Gasteiger partial charge in [-0.1, -0.05) is 202 Å². The van der Waals surface area contributed by atoms with E-state index in [2.05, 4.69) is 173 Å². The Labute approximate surface area is 582 Å². The molecule has 4 aliphatic rings. The van der Waals surface area contributed by atoms with Gasteiger partial charge >= 0.3 is 0 Å². The van der Waals surface area contributed by atoms with Gasteiger partial charge in [0.2, 0.25) is 0 Å². The molecule has 0 saturated heterocycles. The van der Waals surface area contributed by atoms with Crippen LogP contribution in [0.1, 0.15) is 239 Å². The number of thiophene rings is 4. The van der Waals surface area contributed by atoms with Crippen molar-refractivity contribution in [3.63, 3.8) is 0 Å². The summed E-state index contributed by atoms with van der Waals surface area (Å²) < 4.78 is 0. The van der Waals surface area contributed by atoms with Gasteiger partial charge in [0.1, 0.15) is 35.4 Å². The molecule has 9 aromatic rings. The molecule has 13 rings (SSSR count). The highest BCUT2D eigenvalue weighted by atomic mass is 32.1. The van der Waals surface area contributed by atoms with Gasteiger partial charge in [0.05, 0.1) is 10.8 Å². The fourth-order valence-corrected chi connectivity index (χ4v) is 19.6. The summed E-state index contributed by atoms with van der Waals surface area (Å²) in [7, 11) is 0. The SMILES string of the molecule is CCCCCCc1ccc(C2(c3ccc(CCCCCC)cc3)c3cc4c(cc3-c3sc(/C=C5\C(=O)c6cscc6C5=C(C#N)C#N)cc32)C(c2ccc(CCCCCC)cc2)(c2ccc(CCCCCC)cc2)c2cc(/C=C3/C(=O)c5cscc5C3=C(C#N)C#N)sc2-4)cc1. The standard InChI is InChI=1S/C86H78N4O2S4/c1-5-9-13-17-21-55-25-33-61(34-26-55)85(62-35-27-56(28-36-62)22-18-14-10-6-2)75-45-68-76(46-67(75)83-77(85)43-65(95-83)41-69-79(59(47-87)48-88)71-51-93-53-73(71)81(69)91)86(63-37-29-57(30-38-63)23-19-15-11-7-3,64-39-31-58(32-40-64)24-20-16-12-8-4)78-44-66(96-84(68)78)42-70-80(60(49-89)50-90)72-52-94-54-74(72)82(70)92/h25-46,51-54H,5-24H2,1-4H3/b69-41-,70-42+. The van der Waals surface area contributed by atoms with Crippen LogP contribution in [0.2, 0.25) is 0 Å². The van der Waals surface area contributed by atoms with Crippen molar-refractivity contribution in [2.24, 2.45) is 0 Å². The molecule has 478 valence electrons. The molecule has 0 unspecified atom stereocenters. The maximum Gasteiger partial charge on any atom is 0.195 e. The second-order valence-electron chi connectivity index (χ2n) is 26.4. The van der Waals surface area contributed by atoms with Gasteiger partial charge in [0.15, 0.2) is 11.6 Å². The summed E-state index contributed by atoms with van der Waals surface area (Å²) in [5, 5.41) is 49.2. The van der Waals surface area contributed by atoms with Crippen molar-refractivity contribution in [3.8, 4) is 45.2 Å². The first-order valence-corrected chi connectivity index (χ1v) is 38.2. The third kappa shape index (κ3) is 11.7. The van der Waals surface area contributed by atoms with E-state index in [4.69, 9.17) is 0 Å². The molecule has 5 aromatic carbocycles. The number of carbonyl (C=O) groups is 2. The first-order valence-electron chi connectivity index (χ1n) is 34.7. The van der Waals surface area contributed by atoms with E-state index in [1.807, 2.05) is 33.7 Å². The van der Waals surface area contributed by atoms with Crippen LogP contribution in [0, 0.1) is 45.3 Å². The third-order valence-corrected chi connectivity index (χ3v) is 24.2. The molecule has 4 aromatic heterocycles. The Bertz CT molecular complexity index is 4320. The number of hydrogen-bond donors (Lipinski definition) is 0. The number of carbonyl (C=O) groups excluding carboxylic acids is 2. The maximum absolute atomic E-state index is 14.7. The maximum atomic E-state index is 14.7. The van der Waals surface area contributed by atoms with E-state index >= 15 is 0 Å². The minimum Gasteiger partial charge on any atom is -0.289 e. The van der Waals surface area contributed by atoms with Gasteiger partial charge in [0, 0.05) is 74.8 Å². The number of ketones is 2. The molecule has 0 N–H and O–H groups in total. The molecular weight excluding hydrogens is 1250 g/mol. The molecule has 0 fully saturated rings. The first kappa shape index (κ1) is 65.8. The molecule has 0 saturated carbocycles. The predicted octanol–water partition coefficient (Wildman–Crippen LogP) is 23.3. The highest BCUT2D eigenvalue weighted by Crippen LogP contribution is 2.66. The molecule has 4 heterocycles. The van der Waals surface area contributed by atoms with E-state index in [-0.39, 0.29) is 22.7 Å². The van der Waals surface area contributed by atoms with Crippen molar-refractivity contribution >= 4 is 80.2 Å². The molecular formula is C86H78N4O2S4. The number of aryl methyl sites for hydroxylation is 4. The van der Waals surface area contributed by atoms with Crippen molar-refractivity contribution in [1.82, 2.24) is 0 Å². The summed E-state index contributed by atoms with van der Waals surface area (Å²) in [5.41, 5.74) is 18.3. The van der Waals surface area contributed by atoms with Gasteiger partial charge in [-0.05, 0) is 176 Å². The highest BCUT2D eigenvalue weighted by molar-refractivity contribution is 7.17. The number of unbranched alkanes of at least 4 members (excludes halogenated alkanes) is 12. The lowest BCUT2D eigenvalue weighted by molar-refractivity contribution is 0.103. The summed E-state index contributed by atoms with van der Waals surface area (Å²) in [5.74, 6) is -0.375. The van der Waals surface area contributed by atoms with E-state index in [1.165, 1.54) is 122 Å². The van der Waals surface area contributed by atoms with Crippen molar-refractivity contribution in [3.05, 3.63) is 264 Å². The lowest BCUT2D eigenvalue weighted by Gasteiger charge is -2.35. The Morgan fingerprint density at radius 3 is 0.938 bits per heavy atom. The molecule has 96 heavy (non-hydrogen) atoms. The van der Waals surface area contributed by atoms with E-state index in [1.54, 1.807) is 22.7 Å². The van der Waals surface area contributed by atoms with Gasteiger partial charge in [-0.15, -0.1) is 22.7 Å². The summed E-state index contributed by atoms with van der Waals surface area (Å²) in [6.45, 7) is 9.02. The number of allylic oxidation sites excluding steroid dienone is 6. The van der Waals surface area contributed by atoms with Crippen LogP contribution in [0.5, 0.6) is 0 Å². The van der Waals surface area contributed by atoms with Crippen molar-refractivity contribution in [2.75, 3.05) is 0 Å². The van der Waals surface area contributed by atoms with E-state index in [9.17, 15) is 30.6 Å². The Balaban J connectivity index is 1.10. The fraction of sp³-hybridized carbons (Fsp3) is 0.302. The molecule has 0 atom stereocenters. The van der Waals surface area contributed by atoms with Crippen LogP contribution >= 0.6 is 45.3 Å². The van der Waals surface area contributed by atoms with Crippen LogP contribution < -0.4 is 0 Å². The summed E-state index contributed by atoms with van der Waals surface area (Å²) >= 11 is 6.13. The van der Waals surface area contributed by atoms with Gasteiger partial charge in [-0.2, -0.15) is 43.7 Å². The Kier molecular flexibility index (Phi) is 19.8. The van der Waals surface area contributed by atoms with Gasteiger partial charge in [-0.25, -0.2) is 0 Å². The summed E-state index contributed by atoms with van der Waals surface area (Å²) in [6, 6.07) is 55.7. The fourth-order valence-electron chi connectivity index (χ4n) is 15.6. The van der Waals surface area contributed by atoms with E-state index in [0.717, 1.165) is 127 Å². The minimum absolute atomic E-state index is 0.0786. The first-order chi connectivity index (χ1) is 47.1. The van der Waals surface area contributed by atoms with Gasteiger partial charge in [0.25, 0.3) is 0 Å². The van der Waals surface area contributed by atoms with Crippen LogP contribution in [-0.4, -0.2) is 11.6 Å². The molecule has 0 aliphatic heterocycles. The Morgan fingerprint density at radius 2 is 0.656 bits per heavy atom. The zero-order valence-electron chi connectivity index (χ0n) is 55.4. The predicted molar refractivity (Wildman–Crippen MR) is 398 cm³/mol. The van der Waals surface area contributed by atoms with Crippen LogP contribution in [0.4, 0.5) is 0 Å². The lowest BCUT2D eigenvalue weighted by atomic mass is 9.65. The molecule has 4 aliphatic carbocycles. The highest BCUT2D eigenvalue weighted by Gasteiger charge is 2.53. The van der Waals surface area contributed by atoms with E-state index in [0.29, 0.717) is 44.5 Å². The monoisotopic (exact) mass is 1330 g/mol. The molecule has 0 spiro atoms. The van der Waals surface area contributed by atoms with Crippen molar-refractivity contribution < 1.29 is 9.59 Å². The third-order valence-electron chi connectivity index (χ3n) is 20.5. The number of benzene rings is 5. The zero-order chi connectivity index (χ0) is 66.5. The van der Waals surface area contributed by atoms with E-state index < -0.39 is 10.8 Å². The van der Waals surface area contributed by atoms with Crippen LogP contribution in [-0.2, 0) is 36.5 Å². The largest absolute Gasteiger partial charge is 0.289 e. The number of nitrogens with zero attached hydrogens (tertiary/aromatic N) is 4. The van der Waals surface area contributed by atoms with Gasteiger partial charge < -0.3 is 0 Å². The molecule has 0 amide bonds. The van der Waals surface area contributed by atoms with Crippen LogP contribution in [0.25, 0.3) is 44.2 Å². The minimum atomic E-state index is -0.875. The van der Waals surface area contributed by atoms with Crippen molar-refractivity contribution in [1.29, 1.82) is 21.0 Å². The Hall–Kier alpha value is -8.84. The van der Waals surface area contributed by atoms with Crippen LogP contribution in [0.15, 0.2) is 165 Å². The number of hydrogen-bond acceptors (Lipinski definition) is 10. The average molecular weight is 1330 g/mol. The zero-order valence-corrected chi connectivity index (χ0v) is 58.7. The number of rotatable bonds is 26. The molecule has 0 bridgehead atoms. The number of nitriles is 4. The molecule has 0 radical (unpaired) electrons. The smallest absolute Gasteiger partial charge is 0.195 e. The summed E-state index contributed by atoms with van der Waals surface area (Å²) in [6.07, 6.45) is 26.5. The number of Topliss-reactive ketones (excluding diaryl/α,β-unsaturated/α-hetero) is 2. The summed E-state index contributed by atoms with van der Waals surface area (Å²) in [4.78, 5) is 33.3. The number of fused-ring (bicyclic) bond motifs is 8. The second-order valence-corrected chi connectivity index (χ2v) is 30.0. The van der Waals surface area contributed by atoms with Crippen LogP contribution in [0.3, 0.4) is 0 Å². The molecule has 10 heteroatoms. The lowest BCUT2D eigenvalue weighted by Crippen LogP contribution is -2.30. The topological polar surface area (TPSA) is 129 Å². The average Bonchev–Trinajstić information content (AvgIpc) is 1.50. The quantitative estimate of drug-likeness (QED) is 0.0302. The van der Waals surface area contributed by atoms with Gasteiger partial charge in [-0.3, -0.25) is 9.59 Å². The van der Waals surface area contributed by atoms with Crippen molar-refractivity contribution in [2.45, 2.75) is 167 Å². The molecule has 6 nitrogen and oxygen atoms in total. The Morgan fingerprint density at radius 1 is 0.365 bits per heavy atom. The second kappa shape index (κ2) is 28.9.